The fraction of sp³-hybridized carbons (Fsp3) is 0.292. The molecule has 1 unspecified atom stereocenters. The topological polar surface area (TPSA) is 87.7 Å². The van der Waals surface area contributed by atoms with Gasteiger partial charge in [0.25, 0.3) is 5.91 Å². The molecule has 2 heterocycles. The first kappa shape index (κ1) is 23.6. The molecular weight excluding hydrogens is 458 g/mol. The molecule has 9 heteroatoms. The minimum absolute atomic E-state index is 0.0531. The zero-order valence-corrected chi connectivity index (χ0v) is 19.8. The predicted octanol–water partition coefficient (Wildman–Crippen LogP) is 3.03. The molecule has 174 valence electrons. The molecule has 2 aromatic carbocycles. The maximum atomic E-state index is 12.9. The third-order valence-corrected chi connectivity index (χ3v) is 7.90. The van der Waals surface area contributed by atoms with Gasteiger partial charge >= 0.3 is 0 Å². The molecule has 1 aliphatic rings. The average Bonchev–Trinajstić information content (AvgIpc) is 3.39. The summed E-state index contributed by atoms with van der Waals surface area (Å²) in [6.07, 6.45) is 0. The Balaban J connectivity index is 1.42. The number of benzene rings is 2. The van der Waals surface area contributed by atoms with Gasteiger partial charge < -0.3 is 10.1 Å². The van der Waals surface area contributed by atoms with Crippen LogP contribution in [0.2, 0.25) is 0 Å². The number of rotatable bonds is 9. The van der Waals surface area contributed by atoms with Crippen LogP contribution < -0.4 is 10.0 Å². The van der Waals surface area contributed by atoms with E-state index in [1.807, 2.05) is 41.8 Å². The van der Waals surface area contributed by atoms with Gasteiger partial charge in [-0.15, -0.1) is 11.3 Å². The fourth-order valence-electron chi connectivity index (χ4n) is 3.73. The molecule has 0 saturated carbocycles. The summed E-state index contributed by atoms with van der Waals surface area (Å²) in [6, 6.07) is 19.5. The van der Waals surface area contributed by atoms with E-state index < -0.39 is 10.0 Å². The molecule has 7 nitrogen and oxygen atoms in total. The highest BCUT2D eigenvalue weighted by Gasteiger charge is 2.24. The zero-order chi connectivity index (χ0) is 23.1. The van der Waals surface area contributed by atoms with Gasteiger partial charge in [0.15, 0.2) is 0 Å². The van der Waals surface area contributed by atoms with Gasteiger partial charge in [0.1, 0.15) is 0 Å². The van der Waals surface area contributed by atoms with Crippen molar-refractivity contribution in [3.05, 3.63) is 88.1 Å². The Kier molecular flexibility index (Phi) is 7.89. The second kappa shape index (κ2) is 11.0. The van der Waals surface area contributed by atoms with Gasteiger partial charge in [0.2, 0.25) is 10.0 Å². The van der Waals surface area contributed by atoms with E-state index in [1.54, 1.807) is 23.5 Å². The summed E-state index contributed by atoms with van der Waals surface area (Å²) in [6.45, 7) is 3.57. The van der Waals surface area contributed by atoms with Gasteiger partial charge in [-0.2, -0.15) is 0 Å². The Hall–Kier alpha value is -2.56. The van der Waals surface area contributed by atoms with Crippen molar-refractivity contribution < 1.29 is 17.9 Å². The van der Waals surface area contributed by atoms with Crippen molar-refractivity contribution >= 4 is 27.3 Å². The molecule has 0 aliphatic carbocycles. The number of nitrogens with zero attached hydrogens (tertiary/aromatic N) is 1. The largest absolute Gasteiger partial charge is 0.379 e. The number of carbonyl (C=O) groups is 1. The average molecular weight is 486 g/mol. The number of morpholine rings is 1. The number of carbonyl (C=O) groups excluding carboxylic acids is 1. The van der Waals surface area contributed by atoms with Crippen LogP contribution in [-0.2, 0) is 21.3 Å². The number of amides is 1. The number of nitrogens with one attached hydrogen (secondary N) is 2. The second-order valence-electron chi connectivity index (χ2n) is 7.73. The van der Waals surface area contributed by atoms with Crippen molar-refractivity contribution in [1.82, 2.24) is 14.9 Å². The lowest BCUT2D eigenvalue weighted by atomic mass is 10.1. The van der Waals surface area contributed by atoms with E-state index >= 15 is 0 Å². The SMILES string of the molecule is O=C(NCC(c1cccs1)N1CCOCC1)c1cccc(S(=O)(=O)NCc2ccccc2)c1. The van der Waals surface area contributed by atoms with Gasteiger partial charge in [0, 0.05) is 36.6 Å². The first-order valence-corrected chi connectivity index (χ1v) is 13.2. The smallest absolute Gasteiger partial charge is 0.251 e. The minimum atomic E-state index is -3.75. The summed E-state index contributed by atoms with van der Waals surface area (Å²) in [5, 5.41) is 5.02. The molecule has 4 rings (SSSR count). The summed E-state index contributed by atoms with van der Waals surface area (Å²) in [5.74, 6) is -0.301. The molecule has 3 aromatic rings. The zero-order valence-electron chi connectivity index (χ0n) is 18.1. The molecule has 1 atom stereocenters. The van der Waals surface area contributed by atoms with Crippen molar-refractivity contribution in [2.45, 2.75) is 17.5 Å². The summed E-state index contributed by atoms with van der Waals surface area (Å²) < 4.78 is 33.6. The molecule has 2 N–H and O–H groups in total. The highest BCUT2D eigenvalue weighted by Crippen LogP contribution is 2.25. The van der Waals surface area contributed by atoms with Crippen molar-refractivity contribution in [3.8, 4) is 0 Å². The second-order valence-corrected chi connectivity index (χ2v) is 10.5. The lowest BCUT2D eigenvalue weighted by molar-refractivity contribution is 0.0169. The molecule has 1 amide bonds. The molecular formula is C24H27N3O4S2. The van der Waals surface area contributed by atoms with E-state index in [9.17, 15) is 13.2 Å². The third kappa shape index (κ3) is 6.27. The van der Waals surface area contributed by atoms with Crippen LogP contribution in [0, 0.1) is 0 Å². The van der Waals surface area contributed by atoms with Gasteiger partial charge in [-0.05, 0) is 35.2 Å². The molecule has 0 radical (unpaired) electrons. The van der Waals surface area contributed by atoms with Gasteiger partial charge in [-0.3, -0.25) is 9.69 Å². The lowest BCUT2D eigenvalue weighted by Crippen LogP contribution is -2.43. The summed E-state index contributed by atoms with van der Waals surface area (Å²) in [5.41, 5.74) is 1.17. The van der Waals surface area contributed by atoms with Crippen molar-refractivity contribution in [2.24, 2.45) is 0 Å². The van der Waals surface area contributed by atoms with Crippen molar-refractivity contribution in [1.29, 1.82) is 0 Å². The fourth-order valence-corrected chi connectivity index (χ4v) is 5.66. The van der Waals surface area contributed by atoms with Gasteiger partial charge in [-0.25, -0.2) is 13.1 Å². The summed E-state index contributed by atoms with van der Waals surface area (Å²) in [7, 11) is -3.75. The third-order valence-electron chi connectivity index (χ3n) is 5.53. The maximum absolute atomic E-state index is 12.9. The van der Waals surface area contributed by atoms with Crippen LogP contribution in [0.3, 0.4) is 0 Å². The molecule has 1 aromatic heterocycles. The lowest BCUT2D eigenvalue weighted by Gasteiger charge is -2.34. The molecule has 0 bridgehead atoms. The van der Waals surface area contributed by atoms with E-state index in [4.69, 9.17) is 4.74 Å². The van der Waals surface area contributed by atoms with Crippen LogP contribution in [0.5, 0.6) is 0 Å². The molecule has 1 aliphatic heterocycles. The number of sulfonamides is 1. The minimum Gasteiger partial charge on any atom is -0.379 e. The van der Waals surface area contributed by atoms with Gasteiger partial charge in [0.05, 0.1) is 24.2 Å². The maximum Gasteiger partial charge on any atom is 0.251 e. The predicted molar refractivity (Wildman–Crippen MR) is 129 cm³/mol. The van der Waals surface area contributed by atoms with E-state index in [0.717, 1.165) is 18.7 Å². The first-order chi connectivity index (χ1) is 16.0. The van der Waals surface area contributed by atoms with E-state index in [1.165, 1.54) is 17.0 Å². The van der Waals surface area contributed by atoms with Crippen LogP contribution in [0.25, 0.3) is 0 Å². The number of hydrogen-bond donors (Lipinski definition) is 2. The first-order valence-electron chi connectivity index (χ1n) is 10.8. The Morgan fingerprint density at radius 3 is 2.55 bits per heavy atom. The Labute approximate surface area is 198 Å². The van der Waals surface area contributed by atoms with Crippen LogP contribution in [0.4, 0.5) is 0 Å². The summed E-state index contributed by atoms with van der Waals surface area (Å²) in [4.78, 5) is 16.4. The highest BCUT2D eigenvalue weighted by molar-refractivity contribution is 7.89. The molecule has 33 heavy (non-hydrogen) atoms. The van der Waals surface area contributed by atoms with Gasteiger partial charge in [-0.1, -0.05) is 42.5 Å². The quantitative estimate of drug-likeness (QED) is 0.487. The monoisotopic (exact) mass is 485 g/mol. The normalized spacial score (nSPS) is 15.8. The van der Waals surface area contributed by atoms with Crippen LogP contribution in [0.15, 0.2) is 77.0 Å². The Morgan fingerprint density at radius 2 is 1.82 bits per heavy atom. The number of ether oxygens (including phenoxy) is 1. The van der Waals surface area contributed by atoms with E-state index in [-0.39, 0.29) is 23.4 Å². The molecule has 0 spiro atoms. The van der Waals surface area contributed by atoms with E-state index in [2.05, 4.69) is 21.0 Å². The van der Waals surface area contributed by atoms with E-state index in [0.29, 0.717) is 25.3 Å². The van der Waals surface area contributed by atoms with Crippen molar-refractivity contribution in [2.75, 3.05) is 32.8 Å². The standard InChI is InChI=1S/C24H27N3O4S2/c28-24(25-18-22(23-10-5-15-32-23)27-11-13-31-14-12-27)20-8-4-9-21(16-20)33(29,30)26-17-19-6-2-1-3-7-19/h1-10,15-16,22,26H,11-14,17-18H2,(H,25,28). The van der Waals surface area contributed by atoms with Crippen molar-refractivity contribution in [3.63, 3.8) is 0 Å². The Bertz CT molecular complexity index is 1150. The molecule has 1 fully saturated rings. The molecule has 1 saturated heterocycles. The number of thiophene rings is 1. The van der Waals surface area contributed by atoms with Crippen LogP contribution in [0.1, 0.15) is 26.8 Å². The van der Waals surface area contributed by atoms with Crippen LogP contribution >= 0.6 is 11.3 Å². The highest BCUT2D eigenvalue weighted by atomic mass is 32.2. The van der Waals surface area contributed by atoms with Crippen LogP contribution in [-0.4, -0.2) is 52.1 Å². The summed E-state index contributed by atoms with van der Waals surface area (Å²) >= 11 is 1.66. The number of hydrogen-bond acceptors (Lipinski definition) is 6. The Morgan fingerprint density at radius 1 is 1.03 bits per heavy atom.